The Kier molecular flexibility index (Phi) is 8.98. The van der Waals surface area contributed by atoms with Crippen LogP contribution >= 0.6 is 0 Å². The molecule has 0 saturated carbocycles. The Labute approximate surface area is 66.7 Å². The summed E-state index contributed by atoms with van der Waals surface area (Å²) in [4.78, 5) is 11.2. The molecule has 0 aliphatic heterocycles. The Morgan fingerprint density at radius 2 is 2.00 bits per heavy atom. The molecule has 0 atom stereocenters. The fourth-order valence-corrected chi connectivity index (χ4v) is 0. The van der Waals surface area contributed by atoms with Gasteiger partial charge in [0, 0.05) is 41.7 Å². The van der Waals surface area contributed by atoms with Crippen LogP contribution in [0.1, 0.15) is 0 Å². The first kappa shape index (κ1) is 9.74. The third kappa shape index (κ3) is 8.82. The summed E-state index contributed by atoms with van der Waals surface area (Å²) in [6.07, 6.45) is 0. The Morgan fingerprint density at radius 3 is 2.00 bits per heavy atom. The molecular formula is HCeNO4. The minimum atomic E-state index is -1.32. The van der Waals surface area contributed by atoms with Crippen molar-refractivity contribution in [2.75, 3.05) is 0 Å². The smallest absolute Gasteiger partial charge is 0.214 e. The number of rotatable bonds is 1. The molecule has 0 spiro atoms. The molecule has 6 heteroatoms. The molecule has 0 unspecified atom stereocenters. The van der Waals surface area contributed by atoms with E-state index in [1.54, 1.807) is 0 Å². The van der Waals surface area contributed by atoms with Crippen LogP contribution in [0.15, 0.2) is 0 Å². The molecule has 6 heavy (non-hydrogen) atoms. The van der Waals surface area contributed by atoms with E-state index in [1.807, 2.05) is 0 Å². The van der Waals surface area contributed by atoms with Gasteiger partial charge in [-0.2, -0.15) is 0 Å². The van der Waals surface area contributed by atoms with Crippen molar-refractivity contribution in [2.45, 2.75) is 0 Å². The fourth-order valence-electron chi connectivity index (χ4n) is 0. The maximum Gasteiger partial charge on any atom is 0.322 e. The third-order valence-electron chi connectivity index (χ3n) is 0.0667. The van der Waals surface area contributed by atoms with Gasteiger partial charge in [0.2, 0.25) is 0 Å². The van der Waals surface area contributed by atoms with E-state index in [4.69, 9.17) is 15.4 Å². The van der Waals surface area contributed by atoms with Gasteiger partial charge in [-0.25, -0.2) is 5.26 Å². The molecule has 0 aromatic rings. The molecule has 0 heterocycles. The van der Waals surface area contributed by atoms with Gasteiger partial charge in [0.25, 0.3) is 0 Å². The quantitative estimate of drug-likeness (QED) is 0.372. The first-order valence-electron chi connectivity index (χ1n) is 0.730. The van der Waals surface area contributed by atoms with Crippen LogP contribution in [0.5, 0.6) is 0 Å². The molecule has 0 aliphatic rings. The second-order valence-electron chi connectivity index (χ2n) is 0.305. The maximum atomic E-state index is 8.70. The third-order valence-corrected chi connectivity index (χ3v) is 0.0667. The minimum Gasteiger partial charge on any atom is -0.214 e. The number of nitrogens with zero attached hydrogens (tertiary/aromatic N) is 1. The predicted molar refractivity (Wildman–Crippen MR) is 10.7 cm³/mol. The van der Waals surface area contributed by atoms with E-state index in [0.29, 0.717) is 0 Å². The maximum absolute atomic E-state index is 8.70. The van der Waals surface area contributed by atoms with Crippen molar-refractivity contribution in [3.05, 3.63) is 10.1 Å². The first-order valence-corrected chi connectivity index (χ1v) is 0.730. The molecule has 5 nitrogen and oxygen atoms in total. The zero-order valence-electron chi connectivity index (χ0n) is 2.62. The summed E-state index contributed by atoms with van der Waals surface area (Å²) in [5.41, 5.74) is 0. The first-order chi connectivity index (χ1) is 2.27. The van der Waals surface area contributed by atoms with Gasteiger partial charge in [0.05, 0.1) is 0 Å². The summed E-state index contributed by atoms with van der Waals surface area (Å²) in [7, 11) is 0. The molecule has 34 valence electrons. The van der Waals surface area contributed by atoms with Gasteiger partial charge in [-0.15, -0.1) is 15.1 Å². The normalized spacial score (nSPS) is 5.50. The Balaban J connectivity index is 0. The molecule has 0 aromatic heterocycles. The van der Waals surface area contributed by atoms with E-state index < -0.39 is 5.09 Å². The fraction of sp³-hybridized carbons (Fsp3) is 0. The van der Waals surface area contributed by atoms with Crippen LogP contribution in [0.25, 0.3) is 0 Å². The summed E-state index contributed by atoms with van der Waals surface area (Å²) in [6.45, 7) is 0. The number of hydrogen-bond acceptors (Lipinski definition) is 4. The van der Waals surface area contributed by atoms with Crippen LogP contribution in [-0.4, -0.2) is 10.3 Å². The van der Waals surface area contributed by atoms with E-state index in [1.165, 1.54) is 0 Å². The van der Waals surface area contributed by atoms with Crippen molar-refractivity contribution in [3.8, 4) is 0 Å². The average molecular weight is 219 g/mol. The molecule has 0 fully saturated rings. The summed E-state index contributed by atoms with van der Waals surface area (Å²) in [6, 6.07) is 0. The van der Waals surface area contributed by atoms with Crippen LogP contribution in [0.4, 0.5) is 0 Å². The topological polar surface area (TPSA) is 72.6 Å². The van der Waals surface area contributed by atoms with Gasteiger partial charge in [0.15, 0.2) is 0 Å². The Morgan fingerprint density at radius 1 is 1.83 bits per heavy atom. The number of hydrogen-bond donors (Lipinski definition) is 1. The van der Waals surface area contributed by atoms with Gasteiger partial charge in [-0.3, -0.25) is 0 Å². The van der Waals surface area contributed by atoms with Crippen molar-refractivity contribution >= 4 is 0 Å². The molecule has 0 amide bonds. The molecule has 0 rings (SSSR count). The van der Waals surface area contributed by atoms with Gasteiger partial charge in [-0.1, -0.05) is 0 Å². The van der Waals surface area contributed by atoms with Crippen molar-refractivity contribution in [2.24, 2.45) is 0 Å². The average Bonchev–Trinajstić information content (AvgIpc) is 1.38. The molecule has 1 N–H and O–H groups in total. The van der Waals surface area contributed by atoms with Crippen LogP contribution in [0.3, 0.4) is 0 Å². The standard InChI is InChI=1S/Ce.HNO4/c;2-1(3)5-4/h;4H. The zero-order valence-corrected chi connectivity index (χ0v) is 5.76. The Hall–Kier alpha value is 0.537. The van der Waals surface area contributed by atoms with E-state index >= 15 is 0 Å². The summed E-state index contributed by atoms with van der Waals surface area (Å²) in [5.74, 6) is 0. The van der Waals surface area contributed by atoms with Crippen LogP contribution in [0.2, 0.25) is 0 Å². The van der Waals surface area contributed by atoms with Crippen molar-refractivity contribution in [3.63, 3.8) is 0 Å². The molecule has 0 aliphatic carbocycles. The largest absolute Gasteiger partial charge is 0.322 e. The van der Waals surface area contributed by atoms with Crippen LogP contribution in [-0.2, 0) is 4.99 Å². The van der Waals surface area contributed by atoms with Crippen molar-refractivity contribution < 1.29 is 57.1 Å². The summed E-state index contributed by atoms with van der Waals surface area (Å²) < 4.78 is 0. The second-order valence-corrected chi connectivity index (χ2v) is 0.305. The molecule has 0 saturated heterocycles. The van der Waals surface area contributed by atoms with Gasteiger partial charge in [0.1, 0.15) is 0 Å². The minimum absolute atomic E-state index is 0. The zero-order chi connectivity index (χ0) is 4.28. The van der Waals surface area contributed by atoms with Gasteiger partial charge in [-0.05, 0) is 0 Å². The van der Waals surface area contributed by atoms with Crippen molar-refractivity contribution in [1.82, 2.24) is 0 Å². The summed E-state index contributed by atoms with van der Waals surface area (Å²) >= 11 is 0. The van der Waals surface area contributed by atoms with Crippen molar-refractivity contribution in [1.29, 1.82) is 0 Å². The second kappa shape index (κ2) is 5.54. The van der Waals surface area contributed by atoms with E-state index in [9.17, 15) is 0 Å². The van der Waals surface area contributed by atoms with E-state index in [2.05, 4.69) is 4.99 Å². The summed E-state index contributed by atoms with van der Waals surface area (Å²) in [5, 5.41) is 14.3. The van der Waals surface area contributed by atoms with Gasteiger partial charge >= 0.3 is 5.09 Å². The monoisotopic (exact) mass is 219 g/mol. The van der Waals surface area contributed by atoms with Crippen LogP contribution in [0, 0.1) is 51.9 Å². The Bertz CT molecular complexity index is 42.8. The van der Waals surface area contributed by atoms with Gasteiger partial charge < -0.3 is 0 Å². The predicted octanol–water partition coefficient (Wildman–Crippen LogP) is -0.332. The van der Waals surface area contributed by atoms with Crippen LogP contribution < -0.4 is 0 Å². The van der Waals surface area contributed by atoms with E-state index in [-0.39, 0.29) is 41.7 Å². The molecule has 0 bridgehead atoms. The molecule has 0 aromatic carbocycles. The molecule has 0 radical (unpaired) electrons. The SMILES string of the molecule is O=[N+]([O-])OO.[Ce]. The van der Waals surface area contributed by atoms with E-state index in [0.717, 1.165) is 0 Å². The molecular weight excluding hydrogens is 218 g/mol.